The van der Waals surface area contributed by atoms with Crippen LogP contribution in [0.25, 0.3) is 0 Å². The largest absolute Gasteiger partial charge is 0.290 e. The fourth-order valence-corrected chi connectivity index (χ4v) is 0.853. The zero-order valence-electron chi connectivity index (χ0n) is 6.29. The van der Waals surface area contributed by atoms with E-state index in [4.69, 9.17) is 0 Å². The maximum Gasteiger partial charge on any atom is 0.178 e. The van der Waals surface area contributed by atoms with Crippen molar-refractivity contribution in [3.8, 4) is 5.75 Å². The third kappa shape index (κ3) is 1.50. The molecular formula is C9H11O. The molecule has 0 spiro atoms. The fraction of sp³-hybridized carbons (Fsp3) is 0.333. The van der Waals surface area contributed by atoms with Crippen LogP contribution in [0.15, 0.2) is 24.3 Å². The van der Waals surface area contributed by atoms with Gasteiger partial charge in [-0.05, 0) is 23.6 Å². The van der Waals surface area contributed by atoms with Gasteiger partial charge in [0.05, 0.1) is 0 Å². The minimum absolute atomic E-state index is 0.0874. The first kappa shape index (κ1) is 7.13. The average molecular weight is 135 g/mol. The van der Waals surface area contributed by atoms with Gasteiger partial charge in [-0.15, -0.1) is 0 Å². The molecule has 1 heteroatoms. The summed E-state index contributed by atoms with van der Waals surface area (Å²) in [5.74, 6) is 0.602. The second-order valence-corrected chi connectivity index (χ2v) is 2.72. The van der Waals surface area contributed by atoms with E-state index in [9.17, 15) is 5.11 Å². The maximum absolute atomic E-state index is 10.6. The lowest BCUT2D eigenvalue weighted by Gasteiger charge is -2.02. The van der Waals surface area contributed by atoms with Crippen LogP contribution in [0.1, 0.15) is 25.3 Å². The van der Waals surface area contributed by atoms with Gasteiger partial charge >= 0.3 is 0 Å². The summed E-state index contributed by atoms with van der Waals surface area (Å²) < 4.78 is 0. The van der Waals surface area contributed by atoms with E-state index < -0.39 is 0 Å². The maximum atomic E-state index is 10.6. The Hall–Kier alpha value is -0.980. The lowest BCUT2D eigenvalue weighted by atomic mass is 10.0. The lowest BCUT2D eigenvalue weighted by Crippen LogP contribution is -1.83. The lowest BCUT2D eigenvalue weighted by molar-refractivity contribution is 0.354. The van der Waals surface area contributed by atoms with E-state index in [1.807, 2.05) is 12.1 Å². The summed E-state index contributed by atoms with van der Waals surface area (Å²) in [5, 5.41) is 10.6. The molecule has 0 saturated heterocycles. The van der Waals surface area contributed by atoms with Gasteiger partial charge in [-0.25, -0.2) is 0 Å². The molecule has 0 aliphatic heterocycles. The third-order valence-electron chi connectivity index (χ3n) is 1.55. The molecule has 0 fully saturated rings. The molecule has 0 saturated carbocycles. The van der Waals surface area contributed by atoms with Crippen molar-refractivity contribution in [1.29, 1.82) is 0 Å². The molecule has 1 nitrogen and oxygen atoms in total. The van der Waals surface area contributed by atoms with Gasteiger partial charge < -0.3 is 0 Å². The van der Waals surface area contributed by atoms with E-state index in [-0.39, 0.29) is 5.75 Å². The summed E-state index contributed by atoms with van der Waals surface area (Å²) in [5.41, 5.74) is 1.22. The first-order valence-electron chi connectivity index (χ1n) is 3.47. The van der Waals surface area contributed by atoms with Crippen LogP contribution in [-0.4, -0.2) is 0 Å². The highest BCUT2D eigenvalue weighted by Gasteiger charge is 1.97. The van der Waals surface area contributed by atoms with Gasteiger partial charge in [0.15, 0.2) is 5.75 Å². The van der Waals surface area contributed by atoms with Crippen molar-refractivity contribution in [2.24, 2.45) is 0 Å². The topological polar surface area (TPSA) is 19.9 Å². The van der Waals surface area contributed by atoms with Crippen molar-refractivity contribution in [2.45, 2.75) is 19.8 Å². The molecular weight excluding hydrogens is 124 g/mol. The summed E-state index contributed by atoms with van der Waals surface area (Å²) in [6.07, 6.45) is 0. The van der Waals surface area contributed by atoms with Crippen LogP contribution < -0.4 is 0 Å². The molecule has 0 unspecified atom stereocenters. The second kappa shape index (κ2) is 2.74. The molecule has 1 radical (unpaired) electrons. The molecule has 0 atom stereocenters. The monoisotopic (exact) mass is 135 g/mol. The summed E-state index contributed by atoms with van der Waals surface area (Å²) in [4.78, 5) is 0. The van der Waals surface area contributed by atoms with Crippen molar-refractivity contribution in [1.82, 2.24) is 0 Å². The Morgan fingerprint density at radius 1 is 1.10 bits per heavy atom. The zero-order valence-corrected chi connectivity index (χ0v) is 6.29. The van der Waals surface area contributed by atoms with E-state index in [1.54, 1.807) is 12.1 Å². The molecule has 1 rings (SSSR count). The number of rotatable bonds is 1. The van der Waals surface area contributed by atoms with E-state index in [2.05, 4.69) is 13.8 Å². The SMILES string of the molecule is CC(C)c1ccc([O])cc1. The molecule has 0 bridgehead atoms. The highest BCUT2D eigenvalue weighted by atomic mass is 16.3. The van der Waals surface area contributed by atoms with Crippen LogP contribution in [0.3, 0.4) is 0 Å². The Bertz CT molecular complexity index is 198. The first-order valence-corrected chi connectivity index (χ1v) is 3.47. The Balaban J connectivity index is 2.89. The van der Waals surface area contributed by atoms with Gasteiger partial charge in [0.1, 0.15) is 0 Å². The highest BCUT2D eigenvalue weighted by Crippen LogP contribution is 2.17. The fourth-order valence-electron chi connectivity index (χ4n) is 0.853. The van der Waals surface area contributed by atoms with Crippen molar-refractivity contribution < 1.29 is 5.11 Å². The van der Waals surface area contributed by atoms with Crippen LogP contribution in [0.5, 0.6) is 5.75 Å². The van der Waals surface area contributed by atoms with E-state index >= 15 is 0 Å². The summed E-state index contributed by atoms with van der Waals surface area (Å²) >= 11 is 0. The molecule has 53 valence electrons. The molecule has 0 amide bonds. The molecule has 0 aliphatic rings. The van der Waals surface area contributed by atoms with E-state index in [0.717, 1.165) is 0 Å². The molecule has 0 heterocycles. The van der Waals surface area contributed by atoms with Gasteiger partial charge in [0.25, 0.3) is 0 Å². The van der Waals surface area contributed by atoms with Gasteiger partial charge in [-0.3, -0.25) is 5.11 Å². The minimum Gasteiger partial charge on any atom is -0.290 e. The Labute approximate surface area is 61.3 Å². The van der Waals surface area contributed by atoms with E-state index in [1.165, 1.54) is 5.56 Å². The van der Waals surface area contributed by atoms with Crippen molar-refractivity contribution in [3.63, 3.8) is 0 Å². The van der Waals surface area contributed by atoms with Gasteiger partial charge in [0, 0.05) is 0 Å². The van der Waals surface area contributed by atoms with Crippen molar-refractivity contribution >= 4 is 0 Å². The minimum atomic E-state index is 0.0874. The summed E-state index contributed by atoms with van der Waals surface area (Å²) in [6, 6.07) is 6.98. The van der Waals surface area contributed by atoms with Crippen LogP contribution in [0, 0.1) is 0 Å². The smallest absolute Gasteiger partial charge is 0.178 e. The molecule has 1 aromatic carbocycles. The van der Waals surface area contributed by atoms with Crippen molar-refractivity contribution in [3.05, 3.63) is 29.8 Å². The summed E-state index contributed by atoms with van der Waals surface area (Å²) in [6.45, 7) is 4.22. The van der Waals surface area contributed by atoms with Gasteiger partial charge in [-0.2, -0.15) is 0 Å². The van der Waals surface area contributed by atoms with Crippen molar-refractivity contribution in [2.75, 3.05) is 0 Å². The normalized spacial score (nSPS) is 10.3. The number of benzene rings is 1. The predicted octanol–water partition coefficient (Wildman–Crippen LogP) is 2.95. The van der Waals surface area contributed by atoms with E-state index in [0.29, 0.717) is 5.92 Å². The standard InChI is InChI=1S/C9H11O/c1-7(2)8-3-5-9(10)6-4-8/h3-7H,1-2H3. The average Bonchev–Trinajstić information content (AvgIpc) is 1.88. The first-order chi connectivity index (χ1) is 4.70. The van der Waals surface area contributed by atoms with Crippen LogP contribution in [0.4, 0.5) is 0 Å². The Morgan fingerprint density at radius 3 is 2.00 bits per heavy atom. The third-order valence-corrected chi connectivity index (χ3v) is 1.55. The molecule has 10 heavy (non-hydrogen) atoms. The molecule has 0 N–H and O–H groups in total. The highest BCUT2D eigenvalue weighted by molar-refractivity contribution is 5.27. The Kier molecular flexibility index (Phi) is 1.95. The second-order valence-electron chi connectivity index (χ2n) is 2.72. The quantitative estimate of drug-likeness (QED) is 0.564. The Morgan fingerprint density at radius 2 is 1.60 bits per heavy atom. The van der Waals surface area contributed by atoms with Crippen LogP contribution in [-0.2, 0) is 5.11 Å². The molecule has 0 aliphatic carbocycles. The zero-order chi connectivity index (χ0) is 7.56. The molecule has 1 aromatic rings. The van der Waals surface area contributed by atoms with Gasteiger partial charge in [-0.1, -0.05) is 26.0 Å². The van der Waals surface area contributed by atoms with Crippen LogP contribution >= 0.6 is 0 Å². The number of hydrogen-bond acceptors (Lipinski definition) is 0. The van der Waals surface area contributed by atoms with Gasteiger partial charge in [0.2, 0.25) is 0 Å². The number of hydrogen-bond donors (Lipinski definition) is 0. The molecule has 0 aromatic heterocycles. The predicted molar refractivity (Wildman–Crippen MR) is 40.7 cm³/mol. The summed E-state index contributed by atoms with van der Waals surface area (Å²) in [7, 11) is 0. The van der Waals surface area contributed by atoms with Crippen LogP contribution in [0.2, 0.25) is 0 Å².